The molecule has 0 aliphatic carbocycles. The van der Waals surface area contributed by atoms with Crippen molar-refractivity contribution in [1.29, 1.82) is 0 Å². The Kier molecular flexibility index (Phi) is 11.2. The zero-order valence-corrected chi connectivity index (χ0v) is 27.6. The first kappa shape index (κ1) is 33.5. The van der Waals surface area contributed by atoms with E-state index in [-0.39, 0.29) is 29.8 Å². The van der Waals surface area contributed by atoms with E-state index in [2.05, 4.69) is 5.32 Å². The Hall–Kier alpha value is -4.43. The van der Waals surface area contributed by atoms with Gasteiger partial charge in [0.1, 0.15) is 12.6 Å². The first-order valence-corrected chi connectivity index (χ1v) is 16.8. The predicted octanol–water partition coefficient (Wildman–Crippen LogP) is 6.36. The molecule has 45 heavy (non-hydrogen) atoms. The second kappa shape index (κ2) is 15.0. The lowest BCUT2D eigenvalue weighted by atomic mass is 10.0. The lowest BCUT2D eigenvalue weighted by molar-refractivity contribution is -0.140. The fourth-order valence-corrected chi connectivity index (χ4v) is 6.60. The molecule has 0 aliphatic heterocycles. The van der Waals surface area contributed by atoms with Crippen LogP contribution in [0.2, 0.25) is 0 Å². The summed E-state index contributed by atoms with van der Waals surface area (Å²) >= 11 is 0. The summed E-state index contributed by atoms with van der Waals surface area (Å²) < 4.78 is 29.6. The molecule has 0 spiro atoms. The normalized spacial score (nSPS) is 12.6. The van der Waals surface area contributed by atoms with Gasteiger partial charge in [-0.2, -0.15) is 0 Å². The van der Waals surface area contributed by atoms with E-state index in [0.717, 1.165) is 28.7 Å². The highest BCUT2D eigenvalue weighted by Crippen LogP contribution is 2.29. The third-order valence-electron chi connectivity index (χ3n) is 7.99. The Bertz CT molecular complexity index is 1690. The molecule has 7 nitrogen and oxygen atoms in total. The van der Waals surface area contributed by atoms with Crippen LogP contribution in [0.1, 0.15) is 48.1 Å². The topological polar surface area (TPSA) is 86.8 Å². The smallest absolute Gasteiger partial charge is 0.264 e. The van der Waals surface area contributed by atoms with Gasteiger partial charge in [-0.3, -0.25) is 13.9 Å². The second-order valence-electron chi connectivity index (χ2n) is 11.6. The Labute approximate surface area is 268 Å². The van der Waals surface area contributed by atoms with Crippen molar-refractivity contribution in [3.8, 4) is 0 Å². The summed E-state index contributed by atoms with van der Waals surface area (Å²) in [5.41, 5.74) is 4.81. The second-order valence-corrected chi connectivity index (χ2v) is 13.5. The van der Waals surface area contributed by atoms with Crippen LogP contribution in [0.15, 0.2) is 108 Å². The number of hydrogen-bond donors (Lipinski definition) is 1. The number of aryl methyl sites for hydroxylation is 3. The summed E-state index contributed by atoms with van der Waals surface area (Å²) in [6, 6.07) is 30.1. The number of carbonyl (C=O) groups is 2. The first-order chi connectivity index (χ1) is 21.5. The van der Waals surface area contributed by atoms with Crippen molar-refractivity contribution in [2.75, 3.05) is 10.8 Å². The van der Waals surface area contributed by atoms with Crippen LogP contribution in [-0.4, -0.2) is 43.8 Å². The van der Waals surface area contributed by atoms with Crippen LogP contribution in [0.3, 0.4) is 0 Å². The maximum Gasteiger partial charge on any atom is 0.264 e. The van der Waals surface area contributed by atoms with Gasteiger partial charge in [0.25, 0.3) is 10.0 Å². The lowest BCUT2D eigenvalue weighted by Crippen LogP contribution is -2.54. The van der Waals surface area contributed by atoms with Crippen molar-refractivity contribution in [1.82, 2.24) is 10.2 Å². The minimum absolute atomic E-state index is 0.0825. The van der Waals surface area contributed by atoms with Crippen LogP contribution in [0.25, 0.3) is 0 Å². The molecule has 2 atom stereocenters. The van der Waals surface area contributed by atoms with Crippen molar-refractivity contribution in [3.63, 3.8) is 0 Å². The summed E-state index contributed by atoms with van der Waals surface area (Å²) in [7, 11) is -4.14. The van der Waals surface area contributed by atoms with Crippen LogP contribution in [0.4, 0.5) is 5.69 Å². The number of anilines is 1. The largest absolute Gasteiger partial charge is 0.352 e. The minimum Gasteiger partial charge on any atom is -0.352 e. The molecule has 0 bridgehead atoms. The lowest BCUT2D eigenvalue weighted by Gasteiger charge is -2.34. The zero-order chi connectivity index (χ0) is 32.6. The van der Waals surface area contributed by atoms with Crippen LogP contribution in [0.5, 0.6) is 0 Å². The third-order valence-corrected chi connectivity index (χ3v) is 9.76. The quantitative estimate of drug-likeness (QED) is 0.187. The molecule has 0 saturated heterocycles. The van der Waals surface area contributed by atoms with Crippen molar-refractivity contribution in [2.24, 2.45) is 0 Å². The van der Waals surface area contributed by atoms with Gasteiger partial charge in [-0.25, -0.2) is 8.42 Å². The monoisotopic (exact) mass is 625 g/mol. The minimum atomic E-state index is -4.14. The third kappa shape index (κ3) is 8.60. The molecular weight excluding hydrogens is 582 g/mol. The van der Waals surface area contributed by atoms with E-state index in [0.29, 0.717) is 11.3 Å². The van der Waals surface area contributed by atoms with Gasteiger partial charge in [0.15, 0.2) is 0 Å². The first-order valence-electron chi connectivity index (χ1n) is 15.3. The summed E-state index contributed by atoms with van der Waals surface area (Å²) in [4.78, 5) is 30.2. The van der Waals surface area contributed by atoms with E-state index in [1.165, 1.54) is 21.3 Å². The van der Waals surface area contributed by atoms with Crippen LogP contribution in [0, 0.1) is 20.8 Å². The molecule has 0 fully saturated rings. The number of carbonyl (C=O) groups excluding carboxylic acids is 2. The van der Waals surface area contributed by atoms with E-state index in [1.807, 2.05) is 101 Å². The molecule has 0 heterocycles. The van der Waals surface area contributed by atoms with Crippen LogP contribution in [-0.2, 0) is 32.6 Å². The molecule has 0 aliphatic rings. The van der Waals surface area contributed by atoms with Gasteiger partial charge in [0, 0.05) is 19.0 Å². The van der Waals surface area contributed by atoms with Gasteiger partial charge in [0.05, 0.1) is 10.6 Å². The van der Waals surface area contributed by atoms with Gasteiger partial charge in [0.2, 0.25) is 11.8 Å². The molecule has 4 rings (SSSR count). The van der Waals surface area contributed by atoms with E-state index < -0.39 is 28.5 Å². The highest BCUT2D eigenvalue weighted by Gasteiger charge is 2.35. The summed E-state index contributed by atoms with van der Waals surface area (Å²) in [6.45, 7) is 9.28. The number of rotatable bonds is 13. The van der Waals surface area contributed by atoms with Crippen molar-refractivity contribution >= 4 is 27.5 Å². The molecule has 236 valence electrons. The van der Waals surface area contributed by atoms with Gasteiger partial charge in [-0.1, -0.05) is 97.4 Å². The van der Waals surface area contributed by atoms with Gasteiger partial charge >= 0.3 is 0 Å². The Morgan fingerprint density at radius 1 is 0.778 bits per heavy atom. The Morgan fingerprint density at radius 2 is 1.38 bits per heavy atom. The van der Waals surface area contributed by atoms with E-state index in [9.17, 15) is 18.0 Å². The standard InChI is InChI=1S/C37H43N3O4S/c1-6-30(5)38-37(42)35(24-31-13-9-7-10-14-31)39(25-32-21-18-27(2)19-22-32)36(41)26-40(34-23-28(3)17-20-29(34)4)45(43,44)33-15-11-8-12-16-33/h7-23,30,35H,6,24-26H2,1-5H3,(H,38,42)/t30-,35-/m1/s1. The number of benzene rings is 4. The zero-order valence-electron chi connectivity index (χ0n) is 26.7. The fourth-order valence-electron chi connectivity index (χ4n) is 5.11. The molecule has 0 radical (unpaired) electrons. The maximum atomic E-state index is 14.6. The Balaban J connectivity index is 1.83. The van der Waals surface area contributed by atoms with E-state index >= 15 is 0 Å². The SMILES string of the molecule is CC[C@@H](C)NC(=O)[C@@H](Cc1ccccc1)N(Cc1ccc(C)cc1)C(=O)CN(c1cc(C)ccc1C)S(=O)(=O)c1ccccc1. The van der Waals surface area contributed by atoms with Crippen molar-refractivity contribution in [3.05, 3.63) is 131 Å². The average Bonchev–Trinajstić information content (AvgIpc) is 3.04. The van der Waals surface area contributed by atoms with Crippen molar-refractivity contribution < 1.29 is 18.0 Å². The number of hydrogen-bond acceptors (Lipinski definition) is 4. The number of nitrogens with one attached hydrogen (secondary N) is 1. The van der Waals surface area contributed by atoms with Crippen molar-refractivity contribution in [2.45, 2.75) is 71.0 Å². The number of sulfonamides is 1. The van der Waals surface area contributed by atoms with Gasteiger partial charge in [-0.15, -0.1) is 0 Å². The van der Waals surface area contributed by atoms with Gasteiger partial charge in [-0.05, 0) is 74.6 Å². The predicted molar refractivity (Wildman–Crippen MR) is 180 cm³/mol. The average molecular weight is 626 g/mol. The van der Waals surface area contributed by atoms with Crippen LogP contribution >= 0.6 is 0 Å². The molecule has 4 aromatic rings. The summed E-state index contributed by atoms with van der Waals surface area (Å²) in [6.07, 6.45) is 1.00. The molecule has 0 saturated carbocycles. The number of nitrogens with zero attached hydrogens (tertiary/aromatic N) is 2. The Morgan fingerprint density at radius 3 is 2.00 bits per heavy atom. The van der Waals surface area contributed by atoms with Crippen LogP contribution < -0.4 is 9.62 Å². The fraction of sp³-hybridized carbons (Fsp3) is 0.297. The van der Waals surface area contributed by atoms with Gasteiger partial charge < -0.3 is 10.2 Å². The van der Waals surface area contributed by atoms with E-state index in [4.69, 9.17) is 0 Å². The highest BCUT2D eigenvalue weighted by atomic mass is 32.2. The molecule has 1 N–H and O–H groups in total. The number of amides is 2. The maximum absolute atomic E-state index is 14.6. The van der Waals surface area contributed by atoms with E-state index in [1.54, 1.807) is 24.3 Å². The molecule has 0 unspecified atom stereocenters. The molecule has 4 aromatic carbocycles. The highest BCUT2D eigenvalue weighted by molar-refractivity contribution is 7.92. The summed E-state index contributed by atoms with van der Waals surface area (Å²) in [5, 5.41) is 3.07. The molecule has 8 heteroatoms. The molecule has 0 aromatic heterocycles. The molecular formula is C37H43N3O4S. The summed E-state index contributed by atoms with van der Waals surface area (Å²) in [5.74, 6) is -0.755. The molecule has 2 amide bonds.